The molecular weight excluding hydrogens is 324 g/mol. The van der Waals surface area contributed by atoms with Crippen LogP contribution in [0.4, 0.5) is 5.69 Å². The molecule has 116 valence electrons. The van der Waals surface area contributed by atoms with Gasteiger partial charge >= 0.3 is 0 Å². The molecule has 0 aliphatic rings. The molecule has 1 heterocycles. The lowest BCUT2D eigenvalue weighted by Gasteiger charge is -2.00. The lowest BCUT2D eigenvalue weighted by atomic mass is 10.1. The summed E-state index contributed by atoms with van der Waals surface area (Å²) in [5, 5.41) is 22.8. The van der Waals surface area contributed by atoms with E-state index in [4.69, 9.17) is 21.3 Å². The summed E-state index contributed by atoms with van der Waals surface area (Å²) >= 11 is 6.01. The van der Waals surface area contributed by atoms with Crippen LogP contribution in [0.25, 0.3) is 11.3 Å². The molecule has 0 atom stereocenters. The molecule has 0 unspecified atom stereocenters. The van der Waals surface area contributed by atoms with Crippen LogP contribution in [0.5, 0.6) is 0 Å². The molecule has 0 saturated heterocycles. The molecule has 0 radical (unpaired) electrons. The molecule has 0 bridgehead atoms. The summed E-state index contributed by atoms with van der Waals surface area (Å²) in [6, 6.07) is 8.93. The molecule has 0 aliphatic carbocycles. The zero-order valence-corrected chi connectivity index (χ0v) is 12.3. The van der Waals surface area contributed by atoms with Crippen molar-refractivity contribution < 1.29 is 14.1 Å². The monoisotopic (exact) mass is 332 g/mol. The van der Waals surface area contributed by atoms with Crippen molar-refractivity contribution in [1.82, 2.24) is 5.43 Å². The minimum Gasteiger partial charge on any atom is -0.455 e. The number of halogens is 1. The number of rotatable bonds is 5. The topological polar surface area (TPSA) is 122 Å². The van der Waals surface area contributed by atoms with Crippen molar-refractivity contribution in [2.45, 2.75) is 6.42 Å². The van der Waals surface area contributed by atoms with E-state index in [1.807, 2.05) is 0 Å². The van der Waals surface area contributed by atoms with Gasteiger partial charge in [0.15, 0.2) is 0 Å². The van der Waals surface area contributed by atoms with Crippen molar-refractivity contribution in [3.05, 3.63) is 51.2 Å². The van der Waals surface area contributed by atoms with Gasteiger partial charge in [-0.15, -0.1) is 0 Å². The van der Waals surface area contributed by atoms with E-state index in [9.17, 15) is 14.9 Å². The molecule has 0 aliphatic heterocycles. The quantitative estimate of drug-likeness (QED) is 0.512. The maximum atomic E-state index is 11.0. The molecule has 1 N–H and O–H groups in total. The number of non-ortho nitro benzene ring substituents is 1. The number of furan rings is 1. The first-order valence-corrected chi connectivity index (χ1v) is 6.62. The largest absolute Gasteiger partial charge is 0.455 e. The molecule has 9 heteroatoms. The predicted octanol–water partition coefficient (Wildman–Crippen LogP) is 2.87. The van der Waals surface area contributed by atoms with Crippen LogP contribution in [0, 0.1) is 21.4 Å². The summed E-state index contributed by atoms with van der Waals surface area (Å²) in [6.45, 7) is 0. The van der Waals surface area contributed by atoms with Gasteiger partial charge in [-0.05, 0) is 18.2 Å². The maximum Gasteiger partial charge on any atom is 0.270 e. The lowest BCUT2D eigenvalue weighted by molar-refractivity contribution is -0.384. The van der Waals surface area contributed by atoms with Crippen molar-refractivity contribution in [2.75, 3.05) is 0 Å². The van der Waals surface area contributed by atoms with Gasteiger partial charge in [0.25, 0.3) is 11.6 Å². The van der Waals surface area contributed by atoms with Gasteiger partial charge in [0.1, 0.15) is 17.9 Å². The molecule has 1 amide bonds. The van der Waals surface area contributed by atoms with Crippen molar-refractivity contribution in [3.63, 3.8) is 0 Å². The zero-order chi connectivity index (χ0) is 16.8. The van der Waals surface area contributed by atoms with Gasteiger partial charge in [-0.3, -0.25) is 14.9 Å². The first-order chi connectivity index (χ1) is 11.0. The van der Waals surface area contributed by atoms with Crippen molar-refractivity contribution in [2.24, 2.45) is 5.10 Å². The number of benzene rings is 1. The highest BCUT2D eigenvalue weighted by Gasteiger charge is 2.13. The van der Waals surface area contributed by atoms with Gasteiger partial charge in [-0.2, -0.15) is 10.4 Å². The first-order valence-electron chi connectivity index (χ1n) is 6.24. The number of nitrogens with zero attached hydrogens (tertiary/aromatic N) is 3. The zero-order valence-electron chi connectivity index (χ0n) is 11.5. The number of carbonyl (C=O) groups excluding carboxylic acids is 1. The molecule has 0 spiro atoms. The number of amides is 1. The molecule has 1 aromatic carbocycles. The fraction of sp³-hybridized carbons (Fsp3) is 0.0714. The second-order valence-electron chi connectivity index (χ2n) is 4.25. The fourth-order valence-corrected chi connectivity index (χ4v) is 1.93. The Morgan fingerprint density at radius 3 is 2.91 bits per heavy atom. The third-order valence-corrected chi connectivity index (χ3v) is 2.99. The summed E-state index contributed by atoms with van der Waals surface area (Å²) in [4.78, 5) is 21.2. The van der Waals surface area contributed by atoms with E-state index in [-0.39, 0.29) is 17.1 Å². The number of hydrazone groups is 1. The summed E-state index contributed by atoms with van der Waals surface area (Å²) < 4.78 is 5.47. The number of nitro groups is 1. The summed E-state index contributed by atoms with van der Waals surface area (Å²) in [6.07, 6.45) is 0.969. The highest BCUT2D eigenvalue weighted by atomic mass is 35.5. The molecule has 0 fully saturated rings. The molecule has 2 aromatic rings. The SMILES string of the molecule is N#CCC(=O)N/N=C/c1ccc(-c2ccc([N+](=O)[O-])cc2Cl)o1. The Balaban J connectivity index is 2.13. The van der Waals surface area contributed by atoms with Crippen LogP contribution in [0.2, 0.25) is 5.02 Å². The Kier molecular flexibility index (Phi) is 5.07. The molecule has 0 saturated carbocycles. The Labute approximate surface area is 135 Å². The number of nitro benzene ring substituents is 1. The van der Waals surface area contributed by atoms with Gasteiger partial charge in [0.2, 0.25) is 0 Å². The summed E-state index contributed by atoms with van der Waals surface area (Å²) in [5.41, 5.74) is 2.53. The first kappa shape index (κ1) is 16.2. The Bertz CT molecular complexity index is 822. The van der Waals surface area contributed by atoms with Crippen LogP contribution < -0.4 is 5.43 Å². The fourth-order valence-electron chi connectivity index (χ4n) is 1.66. The van der Waals surface area contributed by atoms with E-state index in [0.717, 1.165) is 0 Å². The van der Waals surface area contributed by atoms with E-state index >= 15 is 0 Å². The highest BCUT2D eigenvalue weighted by Crippen LogP contribution is 2.31. The average Bonchev–Trinajstić information content (AvgIpc) is 2.96. The van der Waals surface area contributed by atoms with Gasteiger partial charge in [0.05, 0.1) is 22.2 Å². The molecule has 23 heavy (non-hydrogen) atoms. The third-order valence-electron chi connectivity index (χ3n) is 2.68. The van der Waals surface area contributed by atoms with Crippen LogP contribution in [-0.4, -0.2) is 17.0 Å². The van der Waals surface area contributed by atoms with Crippen LogP contribution in [0.1, 0.15) is 12.2 Å². The second kappa shape index (κ2) is 7.20. The summed E-state index contributed by atoms with van der Waals surface area (Å²) in [7, 11) is 0. The minimum absolute atomic E-state index is 0.118. The Morgan fingerprint density at radius 1 is 1.48 bits per heavy atom. The van der Waals surface area contributed by atoms with Crippen LogP contribution in [0.3, 0.4) is 0 Å². The van der Waals surface area contributed by atoms with Crippen LogP contribution in [-0.2, 0) is 4.79 Å². The molecule has 8 nitrogen and oxygen atoms in total. The predicted molar refractivity (Wildman–Crippen MR) is 81.8 cm³/mol. The van der Waals surface area contributed by atoms with Gasteiger partial charge < -0.3 is 4.42 Å². The number of nitrogens with one attached hydrogen (secondary N) is 1. The minimum atomic E-state index is -0.542. The standard InChI is InChI=1S/C14H9ClN4O4/c15-12-7-9(19(21)22)1-3-11(12)13-4-2-10(23-13)8-17-18-14(20)5-6-16/h1-4,7-8H,5H2,(H,18,20)/b17-8+. The van der Waals surface area contributed by atoms with Crippen LogP contribution >= 0.6 is 11.6 Å². The highest BCUT2D eigenvalue weighted by molar-refractivity contribution is 6.33. The number of nitriles is 1. The smallest absolute Gasteiger partial charge is 0.270 e. The van der Waals surface area contributed by atoms with Gasteiger partial charge in [0, 0.05) is 17.7 Å². The molecule has 1 aromatic heterocycles. The molecule has 2 rings (SSSR count). The number of carbonyl (C=O) groups is 1. The lowest BCUT2D eigenvalue weighted by Crippen LogP contribution is -2.15. The van der Waals surface area contributed by atoms with Gasteiger partial charge in [-0.1, -0.05) is 11.6 Å². The van der Waals surface area contributed by atoms with Crippen molar-refractivity contribution in [1.29, 1.82) is 5.26 Å². The number of hydrogen-bond donors (Lipinski definition) is 1. The van der Waals surface area contributed by atoms with E-state index in [1.54, 1.807) is 18.2 Å². The number of hydrogen-bond acceptors (Lipinski definition) is 6. The van der Waals surface area contributed by atoms with Crippen molar-refractivity contribution in [3.8, 4) is 17.4 Å². The summed E-state index contributed by atoms with van der Waals surface area (Å²) in [5.74, 6) is 0.204. The second-order valence-corrected chi connectivity index (χ2v) is 4.66. The third kappa shape index (κ3) is 4.15. The van der Waals surface area contributed by atoms with Gasteiger partial charge in [-0.25, -0.2) is 5.43 Å². The molecular formula is C14H9ClN4O4. The van der Waals surface area contributed by atoms with E-state index in [2.05, 4.69) is 10.5 Å². The Hall–Kier alpha value is -3.18. The normalized spacial score (nSPS) is 10.4. The van der Waals surface area contributed by atoms with Crippen molar-refractivity contribution >= 4 is 29.4 Å². The average molecular weight is 333 g/mol. The van der Waals surface area contributed by atoms with E-state index < -0.39 is 10.8 Å². The van der Waals surface area contributed by atoms with E-state index in [1.165, 1.54) is 24.4 Å². The Morgan fingerprint density at radius 2 is 2.26 bits per heavy atom. The maximum absolute atomic E-state index is 11.0. The van der Waals surface area contributed by atoms with E-state index in [0.29, 0.717) is 17.1 Å². The van der Waals surface area contributed by atoms with Crippen LogP contribution in [0.15, 0.2) is 39.9 Å².